The fourth-order valence-electron chi connectivity index (χ4n) is 6.75. The lowest BCUT2D eigenvalue weighted by atomic mass is 9.59. The van der Waals surface area contributed by atoms with Crippen molar-refractivity contribution < 1.29 is 19.2 Å². The number of ether oxygens (including phenoxy) is 2. The van der Waals surface area contributed by atoms with Crippen molar-refractivity contribution in [3.8, 4) is 5.75 Å². The third-order valence-corrected chi connectivity index (χ3v) is 8.49. The van der Waals surface area contributed by atoms with E-state index in [4.69, 9.17) is 9.47 Å². The number of carbonyl (C=O) groups is 1. The number of quaternary nitrogens is 1. The van der Waals surface area contributed by atoms with Crippen LogP contribution in [0.4, 0.5) is 5.69 Å². The molecular formula is C26H37N2O3+. The standard InChI is InChI=1S/C26H36N2O3/c1-18-7-6-10-26(2)16-24-19(15-21(18)26)20(25(29)31-24)17-27-11-13-28(14-12-27)22-8-4-5-9-23(22)30-3/h4-5,8-9,15,18-20,24H,6-7,10-14,16-17H2,1-3H3/p+1/t18-,19+,20-,24+,26+/m0/s1. The number of anilines is 1. The van der Waals surface area contributed by atoms with Crippen LogP contribution in [0, 0.1) is 23.2 Å². The quantitative estimate of drug-likeness (QED) is 0.595. The Morgan fingerprint density at radius 1 is 1.26 bits per heavy atom. The number of esters is 1. The summed E-state index contributed by atoms with van der Waals surface area (Å²) in [5.74, 6) is 1.92. The zero-order valence-corrected chi connectivity index (χ0v) is 19.2. The van der Waals surface area contributed by atoms with Crippen LogP contribution in [-0.2, 0) is 9.53 Å². The van der Waals surface area contributed by atoms with Crippen molar-refractivity contribution in [1.29, 1.82) is 0 Å². The van der Waals surface area contributed by atoms with Crippen LogP contribution >= 0.6 is 0 Å². The van der Waals surface area contributed by atoms with Crippen molar-refractivity contribution in [1.82, 2.24) is 0 Å². The van der Waals surface area contributed by atoms with E-state index in [1.54, 1.807) is 12.7 Å². The number of piperazine rings is 1. The van der Waals surface area contributed by atoms with Crippen LogP contribution in [0.5, 0.6) is 5.75 Å². The first-order valence-corrected chi connectivity index (χ1v) is 12.1. The molecule has 2 aliphatic carbocycles. The second-order valence-corrected chi connectivity index (χ2v) is 10.5. The van der Waals surface area contributed by atoms with Gasteiger partial charge in [0.15, 0.2) is 0 Å². The molecule has 0 amide bonds. The Morgan fingerprint density at radius 3 is 2.81 bits per heavy atom. The molecule has 0 unspecified atom stereocenters. The summed E-state index contributed by atoms with van der Waals surface area (Å²) in [6.07, 6.45) is 7.42. The molecule has 2 saturated heterocycles. The van der Waals surface area contributed by atoms with Gasteiger partial charge in [-0.3, -0.25) is 4.79 Å². The molecule has 0 spiro atoms. The molecular weight excluding hydrogens is 388 g/mol. The number of para-hydroxylation sites is 2. The molecule has 0 radical (unpaired) electrons. The van der Waals surface area contributed by atoms with Gasteiger partial charge in [0.1, 0.15) is 17.8 Å². The van der Waals surface area contributed by atoms with Crippen LogP contribution < -0.4 is 14.5 Å². The second-order valence-electron chi connectivity index (χ2n) is 10.5. The average molecular weight is 426 g/mol. The Bertz CT molecular complexity index is 860. The number of nitrogens with zero attached hydrogens (tertiary/aromatic N) is 1. The molecule has 5 atom stereocenters. The van der Waals surface area contributed by atoms with E-state index in [2.05, 4.69) is 37.0 Å². The normalized spacial score (nSPS) is 35.8. The molecule has 2 aliphatic heterocycles. The minimum atomic E-state index is 0.0176. The van der Waals surface area contributed by atoms with Crippen molar-refractivity contribution in [3.05, 3.63) is 35.9 Å². The Labute approximate surface area is 186 Å². The summed E-state index contributed by atoms with van der Waals surface area (Å²) in [6, 6.07) is 8.25. The predicted octanol–water partition coefficient (Wildman–Crippen LogP) is 2.71. The Balaban J connectivity index is 1.26. The largest absolute Gasteiger partial charge is 0.495 e. The highest BCUT2D eigenvalue weighted by Crippen LogP contribution is 2.53. The van der Waals surface area contributed by atoms with Gasteiger partial charge in [-0.15, -0.1) is 0 Å². The SMILES string of the molecule is COc1ccccc1N1CC[NH+](C[C@@H]2C(=O)O[C@@H]3C[C@@]4(C)CCC[C@H](C)C4=C[C@H]23)CC1. The Morgan fingerprint density at radius 2 is 2.03 bits per heavy atom. The maximum absolute atomic E-state index is 12.9. The molecule has 0 aromatic heterocycles. The van der Waals surface area contributed by atoms with E-state index in [-0.39, 0.29) is 29.3 Å². The van der Waals surface area contributed by atoms with E-state index >= 15 is 0 Å². The van der Waals surface area contributed by atoms with Gasteiger partial charge < -0.3 is 19.3 Å². The molecule has 4 aliphatic rings. The van der Waals surface area contributed by atoms with E-state index in [1.807, 2.05) is 12.1 Å². The molecule has 168 valence electrons. The van der Waals surface area contributed by atoms with Gasteiger partial charge in [-0.25, -0.2) is 0 Å². The number of fused-ring (bicyclic) bond motifs is 2. The maximum Gasteiger partial charge on any atom is 0.315 e. The van der Waals surface area contributed by atoms with Gasteiger partial charge in [0.2, 0.25) is 0 Å². The third-order valence-electron chi connectivity index (χ3n) is 8.49. The van der Waals surface area contributed by atoms with E-state index in [0.29, 0.717) is 5.92 Å². The minimum absolute atomic E-state index is 0.0176. The van der Waals surface area contributed by atoms with Crippen molar-refractivity contribution in [2.75, 3.05) is 44.7 Å². The van der Waals surface area contributed by atoms with Crippen LogP contribution in [0.2, 0.25) is 0 Å². The number of hydrogen-bond donors (Lipinski definition) is 1. The van der Waals surface area contributed by atoms with E-state index < -0.39 is 0 Å². The van der Waals surface area contributed by atoms with Gasteiger partial charge in [0.05, 0.1) is 45.5 Å². The number of rotatable bonds is 4. The molecule has 5 rings (SSSR count). The first-order chi connectivity index (χ1) is 15.0. The number of nitrogens with one attached hydrogen (secondary N) is 1. The van der Waals surface area contributed by atoms with Gasteiger partial charge in [0.25, 0.3) is 0 Å². The summed E-state index contributed by atoms with van der Waals surface area (Å²) < 4.78 is 11.5. The molecule has 1 aromatic carbocycles. The fourth-order valence-corrected chi connectivity index (χ4v) is 6.75. The number of methoxy groups -OCH3 is 1. The van der Waals surface area contributed by atoms with Gasteiger partial charge in [-0.05, 0) is 42.7 Å². The molecule has 5 nitrogen and oxygen atoms in total. The predicted molar refractivity (Wildman–Crippen MR) is 121 cm³/mol. The van der Waals surface area contributed by atoms with Crippen molar-refractivity contribution in [2.24, 2.45) is 23.2 Å². The lowest BCUT2D eigenvalue weighted by molar-refractivity contribution is -0.903. The highest BCUT2D eigenvalue weighted by Gasteiger charge is 2.52. The summed E-state index contributed by atoms with van der Waals surface area (Å²) in [5, 5.41) is 0. The highest BCUT2D eigenvalue weighted by atomic mass is 16.6. The number of hydrogen-bond acceptors (Lipinski definition) is 4. The number of allylic oxidation sites excluding steroid dienone is 1. The monoisotopic (exact) mass is 425 g/mol. The van der Waals surface area contributed by atoms with Crippen molar-refractivity contribution >= 4 is 11.7 Å². The highest BCUT2D eigenvalue weighted by molar-refractivity contribution is 5.76. The minimum Gasteiger partial charge on any atom is -0.495 e. The first-order valence-electron chi connectivity index (χ1n) is 12.1. The smallest absolute Gasteiger partial charge is 0.315 e. The second kappa shape index (κ2) is 8.16. The van der Waals surface area contributed by atoms with E-state index in [1.165, 1.54) is 29.8 Å². The average Bonchev–Trinajstić information content (AvgIpc) is 3.06. The summed E-state index contributed by atoms with van der Waals surface area (Å²) in [7, 11) is 1.74. The number of benzene rings is 1. The van der Waals surface area contributed by atoms with Crippen LogP contribution in [0.1, 0.15) is 39.5 Å². The summed E-state index contributed by atoms with van der Waals surface area (Å²) >= 11 is 0. The maximum atomic E-state index is 12.9. The Hall–Kier alpha value is -2.01. The molecule has 31 heavy (non-hydrogen) atoms. The van der Waals surface area contributed by atoms with Gasteiger partial charge in [-0.1, -0.05) is 44.1 Å². The number of carbonyl (C=O) groups excluding carboxylic acids is 1. The summed E-state index contributed by atoms with van der Waals surface area (Å²) in [6.45, 7) is 9.73. The first kappa shape index (κ1) is 20.9. The van der Waals surface area contributed by atoms with Crippen molar-refractivity contribution in [3.63, 3.8) is 0 Å². The zero-order valence-electron chi connectivity index (χ0n) is 19.2. The zero-order chi connectivity index (χ0) is 21.6. The molecule has 1 aromatic rings. The van der Waals surface area contributed by atoms with Crippen LogP contribution in [0.25, 0.3) is 0 Å². The van der Waals surface area contributed by atoms with Crippen LogP contribution in [-0.4, -0.2) is 51.9 Å². The van der Waals surface area contributed by atoms with Gasteiger partial charge in [-0.2, -0.15) is 0 Å². The third kappa shape index (κ3) is 3.75. The molecule has 0 bridgehead atoms. The lowest BCUT2D eigenvalue weighted by Crippen LogP contribution is -3.15. The molecule has 2 heterocycles. The Kier molecular flexibility index (Phi) is 5.49. The van der Waals surface area contributed by atoms with E-state index in [0.717, 1.165) is 44.9 Å². The molecule has 5 heteroatoms. The summed E-state index contributed by atoms with van der Waals surface area (Å²) in [5.41, 5.74) is 3.02. The van der Waals surface area contributed by atoms with Gasteiger partial charge in [0, 0.05) is 5.92 Å². The summed E-state index contributed by atoms with van der Waals surface area (Å²) in [4.78, 5) is 16.8. The van der Waals surface area contributed by atoms with Gasteiger partial charge >= 0.3 is 5.97 Å². The lowest BCUT2D eigenvalue weighted by Gasteiger charge is -2.46. The fraction of sp³-hybridized carbons (Fsp3) is 0.654. The van der Waals surface area contributed by atoms with Crippen molar-refractivity contribution in [2.45, 2.75) is 45.6 Å². The van der Waals surface area contributed by atoms with Crippen LogP contribution in [0.3, 0.4) is 0 Å². The molecule has 3 fully saturated rings. The molecule has 1 N–H and O–H groups in total. The topological polar surface area (TPSA) is 43.2 Å². The van der Waals surface area contributed by atoms with E-state index in [9.17, 15) is 4.79 Å². The molecule has 1 saturated carbocycles. The van der Waals surface area contributed by atoms with Crippen LogP contribution in [0.15, 0.2) is 35.9 Å².